The number of hydrogen-bond acceptors (Lipinski definition) is 5. The van der Waals surface area contributed by atoms with E-state index in [9.17, 15) is 15.2 Å². The summed E-state index contributed by atoms with van der Waals surface area (Å²) >= 11 is 0. The van der Waals surface area contributed by atoms with E-state index < -0.39 is 16.6 Å². The summed E-state index contributed by atoms with van der Waals surface area (Å²) in [7, 11) is 0. The molecule has 28 heavy (non-hydrogen) atoms. The molecule has 6 heteroatoms. The molecule has 2 aromatic carbocycles. The van der Waals surface area contributed by atoms with Crippen LogP contribution in [0.2, 0.25) is 0 Å². The van der Waals surface area contributed by atoms with Crippen LogP contribution in [-0.2, 0) is 6.42 Å². The van der Waals surface area contributed by atoms with Crippen molar-refractivity contribution < 1.29 is 14.8 Å². The van der Waals surface area contributed by atoms with Crippen molar-refractivity contribution >= 4 is 5.69 Å². The van der Waals surface area contributed by atoms with E-state index in [1.165, 1.54) is 17.7 Å². The first-order valence-electron chi connectivity index (χ1n) is 10.0. The van der Waals surface area contributed by atoms with Crippen molar-refractivity contribution in [2.24, 2.45) is 0 Å². The van der Waals surface area contributed by atoms with Crippen LogP contribution in [0.3, 0.4) is 0 Å². The molecular weight excluding hydrogens is 356 g/mol. The molecule has 6 nitrogen and oxygen atoms in total. The number of hydrogen-bond donors (Lipinski definition) is 2. The summed E-state index contributed by atoms with van der Waals surface area (Å²) in [5.41, 5.74) is 1.38. The number of nitrogens with zero attached hydrogens (tertiary/aromatic N) is 1. The normalized spacial score (nSPS) is 23.0. The Kier molecular flexibility index (Phi) is 5.33. The third kappa shape index (κ3) is 3.62. The molecule has 4 rings (SSSR count). The quantitative estimate of drug-likeness (QED) is 0.605. The Balaban J connectivity index is 1.60. The number of nitro groups is 1. The number of nitro benzene ring substituents is 1. The smallest absolute Gasteiger partial charge is 0.273 e. The molecule has 2 aliphatic rings. The van der Waals surface area contributed by atoms with Crippen molar-refractivity contribution in [3.8, 4) is 5.75 Å². The maximum absolute atomic E-state index is 11.2. The Hall–Kier alpha value is -2.44. The van der Waals surface area contributed by atoms with E-state index >= 15 is 0 Å². The molecule has 0 bridgehead atoms. The van der Waals surface area contributed by atoms with Gasteiger partial charge in [-0.1, -0.05) is 36.8 Å². The van der Waals surface area contributed by atoms with E-state index in [0.717, 1.165) is 44.1 Å². The maximum Gasteiger partial charge on any atom is 0.273 e. The van der Waals surface area contributed by atoms with Gasteiger partial charge in [-0.2, -0.15) is 0 Å². The highest BCUT2D eigenvalue weighted by molar-refractivity contribution is 5.48. The third-order valence-corrected chi connectivity index (χ3v) is 6.03. The van der Waals surface area contributed by atoms with Gasteiger partial charge in [0.1, 0.15) is 17.5 Å². The molecule has 1 heterocycles. The average Bonchev–Trinajstić information content (AvgIpc) is 2.72. The minimum atomic E-state index is -0.683. The average molecular weight is 382 g/mol. The van der Waals surface area contributed by atoms with Crippen LogP contribution in [0.5, 0.6) is 5.75 Å². The van der Waals surface area contributed by atoms with Crippen molar-refractivity contribution in [1.29, 1.82) is 0 Å². The number of nitrogens with one attached hydrogen (secondary N) is 1. The molecule has 1 aliphatic carbocycles. The molecule has 2 aromatic rings. The van der Waals surface area contributed by atoms with Crippen molar-refractivity contribution in [1.82, 2.24) is 5.32 Å². The monoisotopic (exact) mass is 382 g/mol. The van der Waals surface area contributed by atoms with Crippen molar-refractivity contribution in [2.75, 3.05) is 6.54 Å². The highest BCUT2D eigenvalue weighted by Crippen LogP contribution is 2.47. The van der Waals surface area contributed by atoms with Crippen molar-refractivity contribution in [3.05, 3.63) is 69.8 Å². The summed E-state index contributed by atoms with van der Waals surface area (Å²) in [6, 6.07) is 14.6. The molecule has 2 N–H and O–H groups in total. The molecular formula is C22H26N2O4. The molecule has 2 atom stereocenters. The Bertz CT molecular complexity index is 834. The van der Waals surface area contributed by atoms with E-state index in [-0.39, 0.29) is 11.7 Å². The van der Waals surface area contributed by atoms with Crippen LogP contribution < -0.4 is 10.1 Å². The summed E-state index contributed by atoms with van der Waals surface area (Å²) in [5, 5.41) is 26.0. The first-order valence-corrected chi connectivity index (χ1v) is 10.0. The zero-order valence-electron chi connectivity index (χ0n) is 15.8. The minimum Gasteiger partial charge on any atom is -0.484 e. The summed E-state index contributed by atoms with van der Waals surface area (Å²) in [5.74, 6) is 0.526. The lowest BCUT2D eigenvalue weighted by molar-refractivity contribution is -0.385. The summed E-state index contributed by atoms with van der Waals surface area (Å²) in [6.45, 7) is 0.707. The minimum absolute atomic E-state index is 0.0177. The van der Waals surface area contributed by atoms with Crippen LogP contribution in [0.1, 0.15) is 49.3 Å². The molecule has 1 fully saturated rings. The third-order valence-electron chi connectivity index (χ3n) is 6.03. The standard InChI is InChI=1S/C22H26N2O4/c25-21-20(23-14-11-16-7-3-1-4-8-16)18-10-9-17(24(26)27)15-19(18)28-22(21)12-5-2-6-13-22/h1,3-4,7-10,15,20-21,23,25H,2,5-6,11-14H2. The number of non-ortho nitro benzene ring substituents is 1. The summed E-state index contributed by atoms with van der Waals surface area (Å²) in [4.78, 5) is 10.8. The number of aliphatic hydroxyl groups excluding tert-OH is 1. The Morgan fingerprint density at radius 1 is 1.14 bits per heavy atom. The molecule has 0 radical (unpaired) electrons. The van der Waals surface area contributed by atoms with Gasteiger partial charge in [-0.3, -0.25) is 10.1 Å². The van der Waals surface area contributed by atoms with Gasteiger partial charge >= 0.3 is 0 Å². The second-order valence-corrected chi connectivity index (χ2v) is 7.82. The van der Waals surface area contributed by atoms with E-state index in [4.69, 9.17) is 4.74 Å². The number of aliphatic hydroxyl groups is 1. The lowest BCUT2D eigenvalue weighted by Gasteiger charge is -2.48. The molecule has 148 valence electrons. The first kappa shape index (κ1) is 18.9. The zero-order chi connectivity index (χ0) is 19.6. The van der Waals surface area contributed by atoms with E-state index in [1.54, 1.807) is 6.07 Å². The zero-order valence-corrected chi connectivity index (χ0v) is 15.8. The van der Waals surface area contributed by atoms with Crippen molar-refractivity contribution in [2.45, 2.75) is 56.3 Å². The van der Waals surface area contributed by atoms with Gasteiger partial charge in [0.05, 0.1) is 17.0 Å². The topological polar surface area (TPSA) is 84.6 Å². The number of fused-ring (bicyclic) bond motifs is 1. The molecule has 0 amide bonds. The van der Waals surface area contributed by atoms with Gasteiger partial charge in [-0.15, -0.1) is 0 Å². The van der Waals surface area contributed by atoms with Crippen LogP contribution in [0.25, 0.3) is 0 Å². The van der Waals surface area contributed by atoms with Gasteiger partial charge in [-0.05, 0) is 50.3 Å². The SMILES string of the molecule is O=[N+]([O-])c1ccc2c(c1)OC1(CCCCC1)C(O)C2NCCc1ccccc1. The summed E-state index contributed by atoms with van der Waals surface area (Å²) < 4.78 is 6.26. The molecule has 1 saturated carbocycles. The number of ether oxygens (including phenoxy) is 1. The van der Waals surface area contributed by atoms with Gasteiger partial charge < -0.3 is 15.2 Å². The largest absolute Gasteiger partial charge is 0.484 e. The van der Waals surface area contributed by atoms with Crippen LogP contribution in [0.4, 0.5) is 5.69 Å². The van der Waals surface area contributed by atoms with E-state index in [2.05, 4.69) is 17.4 Å². The summed E-state index contributed by atoms with van der Waals surface area (Å²) in [6.07, 6.45) is 4.83. The van der Waals surface area contributed by atoms with Crippen LogP contribution in [0.15, 0.2) is 48.5 Å². The van der Waals surface area contributed by atoms with Gasteiger partial charge in [0.15, 0.2) is 0 Å². The van der Waals surface area contributed by atoms with Gasteiger partial charge in [-0.25, -0.2) is 0 Å². The van der Waals surface area contributed by atoms with E-state index in [1.807, 2.05) is 18.2 Å². The fourth-order valence-corrected chi connectivity index (χ4v) is 4.52. The Morgan fingerprint density at radius 2 is 1.89 bits per heavy atom. The molecule has 2 unspecified atom stereocenters. The van der Waals surface area contributed by atoms with Crippen molar-refractivity contribution in [3.63, 3.8) is 0 Å². The Morgan fingerprint density at radius 3 is 2.61 bits per heavy atom. The molecule has 0 saturated heterocycles. The highest BCUT2D eigenvalue weighted by atomic mass is 16.6. The fourth-order valence-electron chi connectivity index (χ4n) is 4.52. The first-order chi connectivity index (χ1) is 13.6. The van der Waals surface area contributed by atoms with Gasteiger partial charge in [0.2, 0.25) is 0 Å². The van der Waals surface area contributed by atoms with Crippen LogP contribution in [-0.4, -0.2) is 28.3 Å². The van der Waals surface area contributed by atoms with Crippen LogP contribution in [0, 0.1) is 10.1 Å². The fraction of sp³-hybridized carbons (Fsp3) is 0.455. The maximum atomic E-state index is 11.2. The van der Waals surface area contributed by atoms with Gasteiger partial charge in [0.25, 0.3) is 5.69 Å². The predicted molar refractivity (Wildman–Crippen MR) is 106 cm³/mol. The second kappa shape index (κ2) is 7.89. The number of rotatable bonds is 5. The second-order valence-electron chi connectivity index (χ2n) is 7.82. The molecule has 0 aromatic heterocycles. The Labute approximate surface area is 164 Å². The lowest BCUT2D eigenvalue weighted by atomic mass is 9.74. The lowest BCUT2D eigenvalue weighted by Crippen LogP contribution is -2.57. The number of benzene rings is 2. The molecule has 1 aliphatic heterocycles. The predicted octanol–water partition coefficient (Wildman–Crippen LogP) is 3.92. The van der Waals surface area contributed by atoms with Crippen LogP contribution >= 0.6 is 0 Å². The van der Waals surface area contributed by atoms with Gasteiger partial charge in [0, 0.05) is 11.6 Å². The molecule has 1 spiro atoms. The van der Waals surface area contributed by atoms with E-state index in [0.29, 0.717) is 12.3 Å². The highest BCUT2D eigenvalue weighted by Gasteiger charge is 2.49.